The van der Waals surface area contributed by atoms with E-state index in [1.54, 1.807) is 0 Å². The number of unbranched alkanes of at least 4 members (excludes halogenated alkanes) is 1. The lowest BCUT2D eigenvalue weighted by molar-refractivity contribution is 0.103. The third-order valence-corrected chi connectivity index (χ3v) is 3.13. The van der Waals surface area contributed by atoms with Gasteiger partial charge in [0.1, 0.15) is 0 Å². The quantitative estimate of drug-likeness (QED) is 0.421. The fraction of sp³-hybridized carbons (Fsp3) is 0.167. The highest BCUT2D eigenvalue weighted by Gasteiger charge is 2.07. The van der Waals surface area contributed by atoms with E-state index in [2.05, 4.69) is 6.58 Å². The number of benzene rings is 2. The maximum atomic E-state index is 12.2. The fourth-order valence-electron chi connectivity index (χ4n) is 2.03. The molecule has 19 heavy (non-hydrogen) atoms. The highest BCUT2D eigenvalue weighted by atomic mass is 16.1. The molecule has 1 nitrogen and oxygen atoms in total. The first-order chi connectivity index (χ1) is 9.31. The van der Waals surface area contributed by atoms with Crippen LogP contribution in [-0.4, -0.2) is 5.78 Å². The molecule has 1 heteroatoms. The van der Waals surface area contributed by atoms with Crippen LogP contribution in [0.4, 0.5) is 0 Å². The van der Waals surface area contributed by atoms with E-state index in [4.69, 9.17) is 0 Å². The first kappa shape index (κ1) is 13.3. The molecule has 0 radical (unpaired) electrons. The Bertz CT molecular complexity index is 538. The number of carbonyl (C=O) groups is 1. The van der Waals surface area contributed by atoms with Crippen molar-refractivity contribution in [1.82, 2.24) is 0 Å². The summed E-state index contributed by atoms with van der Waals surface area (Å²) in [5.74, 6) is 0.0817. The molecule has 0 atom stereocenters. The van der Waals surface area contributed by atoms with Crippen molar-refractivity contribution in [1.29, 1.82) is 0 Å². The monoisotopic (exact) mass is 250 g/mol. The molecule has 2 aromatic rings. The first-order valence-electron chi connectivity index (χ1n) is 6.61. The number of ketones is 1. The van der Waals surface area contributed by atoms with Gasteiger partial charge in [-0.15, -0.1) is 6.58 Å². The lowest BCUT2D eigenvalue weighted by Gasteiger charge is -2.03. The summed E-state index contributed by atoms with van der Waals surface area (Å²) >= 11 is 0. The predicted octanol–water partition coefficient (Wildman–Crippen LogP) is 4.43. The average Bonchev–Trinajstić information content (AvgIpc) is 2.48. The van der Waals surface area contributed by atoms with Crippen LogP contribution in [0.3, 0.4) is 0 Å². The minimum atomic E-state index is 0.0817. The van der Waals surface area contributed by atoms with Gasteiger partial charge in [-0.3, -0.25) is 4.79 Å². The van der Waals surface area contributed by atoms with E-state index in [1.165, 1.54) is 5.56 Å². The second-order valence-electron chi connectivity index (χ2n) is 4.57. The summed E-state index contributed by atoms with van der Waals surface area (Å²) in [6.07, 6.45) is 5.11. The van der Waals surface area contributed by atoms with Gasteiger partial charge in [0.2, 0.25) is 0 Å². The van der Waals surface area contributed by atoms with Gasteiger partial charge < -0.3 is 0 Å². The number of carbonyl (C=O) groups excluding carboxylic acids is 1. The SMILES string of the molecule is C=CCCCc1ccc(C(=O)c2ccccc2)cc1. The zero-order valence-corrected chi connectivity index (χ0v) is 11.0. The van der Waals surface area contributed by atoms with Gasteiger partial charge in [0.15, 0.2) is 5.78 Å². The van der Waals surface area contributed by atoms with Crippen LogP contribution in [0.2, 0.25) is 0 Å². The molecule has 0 aliphatic rings. The summed E-state index contributed by atoms with van der Waals surface area (Å²) in [6, 6.07) is 17.3. The van der Waals surface area contributed by atoms with Crippen molar-refractivity contribution in [2.24, 2.45) is 0 Å². The molecule has 0 saturated carbocycles. The van der Waals surface area contributed by atoms with E-state index < -0.39 is 0 Å². The molecular weight excluding hydrogens is 232 g/mol. The molecule has 0 aliphatic carbocycles. The second-order valence-corrected chi connectivity index (χ2v) is 4.57. The third-order valence-electron chi connectivity index (χ3n) is 3.13. The Morgan fingerprint density at radius 3 is 2.21 bits per heavy atom. The van der Waals surface area contributed by atoms with Crippen molar-refractivity contribution in [2.75, 3.05) is 0 Å². The zero-order chi connectivity index (χ0) is 13.5. The molecular formula is C18H18O. The van der Waals surface area contributed by atoms with Gasteiger partial charge in [0.25, 0.3) is 0 Å². The fourth-order valence-corrected chi connectivity index (χ4v) is 2.03. The molecule has 0 aromatic heterocycles. The van der Waals surface area contributed by atoms with Crippen LogP contribution in [0.1, 0.15) is 34.3 Å². The van der Waals surface area contributed by atoms with E-state index in [1.807, 2.05) is 60.7 Å². The maximum Gasteiger partial charge on any atom is 0.193 e. The molecule has 0 saturated heterocycles. The standard InChI is InChI=1S/C18H18O/c1-2-3-5-8-15-11-13-17(14-12-15)18(19)16-9-6-4-7-10-16/h2,4,6-7,9-14H,1,3,5,8H2. The number of hydrogen-bond acceptors (Lipinski definition) is 1. The number of rotatable bonds is 6. The topological polar surface area (TPSA) is 17.1 Å². The van der Waals surface area contributed by atoms with Gasteiger partial charge in [0.05, 0.1) is 0 Å². The number of aryl methyl sites for hydroxylation is 1. The molecule has 0 fully saturated rings. The van der Waals surface area contributed by atoms with Crippen molar-refractivity contribution in [3.63, 3.8) is 0 Å². The molecule has 0 N–H and O–H groups in total. The molecule has 0 spiro atoms. The smallest absolute Gasteiger partial charge is 0.193 e. The molecule has 0 aliphatic heterocycles. The predicted molar refractivity (Wildman–Crippen MR) is 79.5 cm³/mol. The van der Waals surface area contributed by atoms with Gasteiger partial charge in [-0.1, -0.05) is 60.7 Å². The van der Waals surface area contributed by atoms with Crippen LogP contribution in [-0.2, 0) is 6.42 Å². The van der Waals surface area contributed by atoms with E-state index in [0.717, 1.165) is 30.4 Å². The zero-order valence-electron chi connectivity index (χ0n) is 11.0. The van der Waals surface area contributed by atoms with E-state index in [9.17, 15) is 4.79 Å². The van der Waals surface area contributed by atoms with Crippen molar-refractivity contribution in [3.8, 4) is 0 Å². The lowest BCUT2D eigenvalue weighted by atomic mass is 10.0. The number of hydrogen-bond donors (Lipinski definition) is 0. The van der Waals surface area contributed by atoms with Crippen LogP contribution < -0.4 is 0 Å². The van der Waals surface area contributed by atoms with Gasteiger partial charge in [-0.2, -0.15) is 0 Å². The summed E-state index contributed by atoms with van der Waals surface area (Å²) in [6.45, 7) is 3.72. The molecule has 0 bridgehead atoms. The highest BCUT2D eigenvalue weighted by Crippen LogP contribution is 2.12. The Hall–Kier alpha value is -2.15. The molecule has 0 heterocycles. The van der Waals surface area contributed by atoms with Crippen molar-refractivity contribution in [2.45, 2.75) is 19.3 Å². The van der Waals surface area contributed by atoms with Crippen molar-refractivity contribution in [3.05, 3.63) is 83.9 Å². The van der Waals surface area contributed by atoms with Crippen molar-refractivity contribution >= 4 is 5.78 Å². The Morgan fingerprint density at radius 1 is 0.947 bits per heavy atom. The summed E-state index contributed by atoms with van der Waals surface area (Å²) in [4.78, 5) is 12.2. The van der Waals surface area contributed by atoms with E-state index >= 15 is 0 Å². The third kappa shape index (κ3) is 3.65. The van der Waals surface area contributed by atoms with Crippen LogP contribution in [0.15, 0.2) is 67.3 Å². The Kier molecular flexibility index (Phi) is 4.68. The Morgan fingerprint density at radius 2 is 1.58 bits per heavy atom. The number of allylic oxidation sites excluding steroid dienone is 1. The molecule has 2 rings (SSSR count). The van der Waals surface area contributed by atoms with Crippen LogP contribution in [0, 0.1) is 0 Å². The average molecular weight is 250 g/mol. The van der Waals surface area contributed by atoms with Crippen LogP contribution in [0.25, 0.3) is 0 Å². The largest absolute Gasteiger partial charge is 0.289 e. The minimum absolute atomic E-state index is 0.0817. The summed E-state index contributed by atoms with van der Waals surface area (Å²) < 4.78 is 0. The summed E-state index contributed by atoms with van der Waals surface area (Å²) in [5.41, 5.74) is 2.76. The maximum absolute atomic E-state index is 12.2. The first-order valence-corrected chi connectivity index (χ1v) is 6.61. The van der Waals surface area contributed by atoms with Gasteiger partial charge in [-0.05, 0) is 24.8 Å². The van der Waals surface area contributed by atoms with E-state index in [0.29, 0.717) is 0 Å². The molecule has 96 valence electrons. The Balaban J connectivity index is 2.06. The lowest BCUT2D eigenvalue weighted by Crippen LogP contribution is -2.00. The van der Waals surface area contributed by atoms with Crippen LogP contribution in [0.5, 0.6) is 0 Å². The van der Waals surface area contributed by atoms with Gasteiger partial charge in [0, 0.05) is 11.1 Å². The van der Waals surface area contributed by atoms with Crippen LogP contribution >= 0.6 is 0 Å². The highest BCUT2D eigenvalue weighted by molar-refractivity contribution is 6.08. The normalized spacial score (nSPS) is 10.1. The summed E-state index contributed by atoms with van der Waals surface area (Å²) in [7, 11) is 0. The van der Waals surface area contributed by atoms with E-state index in [-0.39, 0.29) is 5.78 Å². The van der Waals surface area contributed by atoms with Crippen molar-refractivity contribution < 1.29 is 4.79 Å². The minimum Gasteiger partial charge on any atom is -0.289 e. The molecule has 0 amide bonds. The summed E-state index contributed by atoms with van der Waals surface area (Å²) in [5, 5.41) is 0. The van der Waals surface area contributed by atoms with Gasteiger partial charge in [-0.25, -0.2) is 0 Å². The second kappa shape index (κ2) is 6.69. The van der Waals surface area contributed by atoms with Gasteiger partial charge >= 0.3 is 0 Å². The molecule has 0 unspecified atom stereocenters. The Labute approximate surface area is 114 Å². The molecule has 2 aromatic carbocycles.